The van der Waals surface area contributed by atoms with E-state index in [4.69, 9.17) is 9.47 Å². The molecule has 1 aromatic carbocycles. The predicted molar refractivity (Wildman–Crippen MR) is 110 cm³/mol. The zero-order valence-electron chi connectivity index (χ0n) is 18.7. The fourth-order valence-electron chi connectivity index (χ4n) is 4.10. The van der Waals surface area contributed by atoms with Crippen LogP contribution in [0.1, 0.15) is 31.0 Å². The summed E-state index contributed by atoms with van der Waals surface area (Å²) in [6.07, 6.45) is -5.88. The highest BCUT2D eigenvalue weighted by atomic mass is 19.4. The van der Waals surface area contributed by atoms with Gasteiger partial charge in [-0.05, 0) is 26.1 Å². The maximum absolute atomic E-state index is 14.4. The van der Waals surface area contributed by atoms with Crippen LogP contribution in [0.2, 0.25) is 0 Å². The number of hydrogen-bond acceptors (Lipinski definition) is 5. The number of benzene rings is 1. The van der Waals surface area contributed by atoms with E-state index in [-0.39, 0.29) is 17.8 Å². The molecule has 0 saturated carbocycles. The van der Waals surface area contributed by atoms with Crippen molar-refractivity contribution in [1.82, 2.24) is 10.3 Å². The summed E-state index contributed by atoms with van der Waals surface area (Å²) >= 11 is 0. The molecule has 1 aliphatic heterocycles. The molecule has 2 aromatic rings. The monoisotopic (exact) mass is 491 g/mol. The second-order valence-electron chi connectivity index (χ2n) is 8.12. The fraction of sp³-hybridized carbons (Fsp3) is 0.455. The van der Waals surface area contributed by atoms with E-state index in [1.54, 1.807) is 7.05 Å². The third-order valence-corrected chi connectivity index (χ3v) is 6.10. The van der Waals surface area contributed by atoms with Gasteiger partial charge >= 0.3 is 6.18 Å². The molecule has 2 heterocycles. The number of alkyl halides is 3. The van der Waals surface area contributed by atoms with Crippen molar-refractivity contribution in [2.24, 2.45) is 5.92 Å². The van der Waals surface area contributed by atoms with Crippen LogP contribution >= 0.6 is 0 Å². The number of rotatable bonds is 6. The van der Waals surface area contributed by atoms with E-state index >= 15 is 0 Å². The standard InChI is InChI=1S/C22H23F6N3O3/c1-10-16(12-5-6-13(23)17(25)18(12)33-4)19(34-21(10,2)22(26,27)28)20(32)31-15-7-11(8-29-3)30-9-14(15)24/h5-7,9-10,16,19,29H,8H2,1-4H3,(H,30,31,32)/t10-,16-,19+,21+/m1/s1. The third-order valence-electron chi connectivity index (χ3n) is 6.10. The van der Waals surface area contributed by atoms with Gasteiger partial charge in [-0.1, -0.05) is 13.0 Å². The van der Waals surface area contributed by atoms with Crippen LogP contribution in [0.15, 0.2) is 24.4 Å². The van der Waals surface area contributed by atoms with Gasteiger partial charge in [0.2, 0.25) is 5.82 Å². The van der Waals surface area contributed by atoms with Crippen LogP contribution in [0.3, 0.4) is 0 Å². The van der Waals surface area contributed by atoms with Crippen molar-refractivity contribution in [3.05, 3.63) is 53.1 Å². The first-order chi connectivity index (χ1) is 15.9. The average Bonchev–Trinajstić information content (AvgIpc) is 3.04. The quantitative estimate of drug-likeness (QED) is 0.590. The summed E-state index contributed by atoms with van der Waals surface area (Å²) in [4.78, 5) is 17.0. The molecule has 2 N–H and O–H groups in total. The van der Waals surface area contributed by atoms with E-state index in [9.17, 15) is 31.1 Å². The summed E-state index contributed by atoms with van der Waals surface area (Å²) in [5.74, 6) is -8.18. The molecule has 0 aliphatic carbocycles. The number of anilines is 1. The molecule has 1 saturated heterocycles. The van der Waals surface area contributed by atoms with Gasteiger partial charge < -0.3 is 20.1 Å². The topological polar surface area (TPSA) is 72.5 Å². The number of amides is 1. The smallest absolute Gasteiger partial charge is 0.417 e. The SMILES string of the molecule is CNCc1cc(NC(=O)[C@H]2O[C@](C)(C(F)(F)F)[C@H](C)[C@@H]2c2ccc(F)c(F)c2OC)c(F)cn1. The Hall–Kier alpha value is -2.86. The normalized spacial score (nSPS) is 24.8. The van der Waals surface area contributed by atoms with E-state index in [1.807, 2.05) is 0 Å². The van der Waals surface area contributed by atoms with Gasteiger partial charge in [-0.15, -0.1) is 0 Å². The Morgan fingerprint density at radius 2 is 1.91 bits per heavy atom. The predicted octanol–water partition coefficient (Wildman–Crippen LogP) is 4.31. The van der Waals surface area contributed by atoms with E-state index in [2.05, 4.69) is 15.6 Å². The Morgan fingerprint density at radius 1 is 1.24 bits per heavy atom. The highest BCUT2D eigenvalue weighted by Crippen LogP contribution is 2.55. The van der Waals surface area contributed by atoms with Crippen molar-refractivity contribution in [2.75, 3.05) is 19.5 Å². The number of ether oxygens (including phenoxy) is 2. The highest BCUT2D eigenvalue weighted by molar-refractivity contribution is 5.95. The third kappa shape index (κ3) is 4.43. The molecule has 1 aromatic heterocycles. The zero-order chi connectivity index (χ0) is 25.4. The van der Waals surface area contributed by atoms with Gasteiger partial charge in [0, 0.05) is 23.9 Å². The van der Waals surface area contributed by atoms with E-state index in [1.165, 1.54) is 13.0 Å². The second-order valence-corrected chi connectivity index (χ2v) is 8.12. The summed E-state index contributed by atoms with van der Waals surface area (Å²) in [6, 6.07) is 2.99. The first-order valence-corrected chi connectivity index (χ1v) is 10.2. The Balaban J connectivity index is 2.08. The molecule has 3 rings (SSSR count). The molecule has 12 heteroatoms. The molecular weight excluding hydrogens is 468 g/mol. The lowest BCUT2D eigenvalue weighted by Crippen LogP contribution is -2.47. The summed E-state index contributed by atoms with van der Waals surface area (Å²) in [6.45, 7) is 2.19. The molecule has 186 valence electrons. The number of halogens is 6. The number of pyridine rings is 1. The molecule has 34 heavy (non-hydrogen) atoms. The largest absolute Gasteiger partial charge is 0.493 e. The van der Waals surface area contributed by atoms with Gasteiger partial charge in [-0.25, -0.2) is 8.78 Å². The lowest BCUT2D eigenvalue weighted by Gasteiger charge is -2.32. The van der Waals surface area contributed by atoms with Crippen molar-refractivity contribution in [2.45, 2.75) is 44.2 Å². The van der Waals surface area contributed by atoms with Crippen molar-refractivity contribution >= 4 is 11.6 Å². The number of methoxy groups -OCH3 is 1. The fourth-order valence-corrected chi connectivity index (χ4v) is 4.10. The second kappa shape index (κ2) is 9.41. The first-order valence-electron chi connectivity index (χ1n) is 10.2. The Bertz CT molecular complexity index is 1080. The maximum atomic E-state index is 14.4. The summed E-state index contributed by atoms with van der Waals surface area (Å²) in [7, 11) is 2.64. The van der Waals surface area contributed by atoms with Gasteiger partial charge in [-0.2, -0.15) is 17.6 Å². The van der Waals surface area contributed by atoms with Crippen LogP contribution in [-0.4, -0.2) is 42.9 Å². The van der Waals surface area contributed by atoms with Crippen LogP contribution in [0, 0.1) is 23.4 Å². The molecule has 0 bridgehead atoms. The van der Waals surface area contributed by atoms with Gasteiger partial charge in [0.1, 0.15) is 6.10 Å². The highest BCUT2D eigenvalue weighted by Gasteiger charge is 2.66. The maximum Gasteiger partial charge on any atom is 0.417 e. The van der Waals surface area contributed by atoms with Crippen LogP contribution < -0.4 is 15.4 Å². The molecule has 1 amide bonds. The van der Waals surface area contributed by atoms with E-state index < -0.39 is 58.8 Å². The Labute approximate surface area is 191 Å². The lowest BCUT2D eigenvalue weighted by atomic mass is 9.77. The molecule has 0 unspecified atom stereocenters. The molecular formula is C22H23F6N3O3. The van der Waals surface area contributed by atoms with Crippen LogP contribution in [0.4, 0.5) is 32.0 Å². The first kappa shape index (κ1) is 25.8. The van der Waals surface area contributed by atoms with Crippen molar-refractivity contribution in [3.63, 3.8) is 0 Å². The number of nitrogens with zero attached hydrogens (tertiary/aromatic N) is 1. The minimum Gasteiger partial charge on any atom is -0.493 e. The zero-order valence-corrected chi connectivity index (χ0v) is 18.7. The Morgan fingerprint density at radius 3 is 2.50 bits per heavy atom. The van der Waals surface area contributed by atoms with E-state index in [0.717, 1.165) is 32.4 Å². The average molecular weight is 491 g/mol. The molecule has 1 fully saturated rings. The molecule has 0 radical (unpaired) electrons. The van der Waals surface area contributed by atoms with Gasteiger partial charge in [0.15, 0.2) is 23.0 Å². The lowest BCUT2D eigenvalue weighted by molar-refractivity contribution is -0.272. The van der Waals surface area contributed by atoms with E-state index in [0.29, 0.717) is 5.69 Å². The molecule has 6 nitrogen and oxygen atoms in total. The summed E-state index contributed by atoms with van der Waals surface area (Å²) in [5, 5.41) is 5.04. The molecule has 1 aliphatic rings. The Kier molecular flexibility index (Phi) is 7.13. The van der Waals surface area contributed by atoms with Gasteiger partial charge in [0.25, 0.3) is 5.91 Å². The van der Waals surface area contributed by atoms with Crippen molar-refractivity contribution in [1.29, 1.82) is 0 Å². The van der Waals surface area contributed by atoms with Crippen LogP contribution in [0.5, 0.6) is 5.75 Å². The van der Waals surface area contributed by atoms with Gasteiger partial charge in [-0.3, -0.25) is 9.78 Å². The molecule has 0 spiro atoms. The minimum absolute atomic E-state index is 0.187. The van der Waals surface area contributed by atoms with Crippen molar-refractivity contribution in [3.8, 4) is 5.75 Å². The van der Waals surface area contributed by atoms with Crippen LogP contribution in [0.25, 0.3) is 0 Å². The molecule has 4 atom stereocenters. The van der Waals surface area contributed by atoms with Crippen LogP contribution in [-0.2, 0) is 16.1 Å². The number of aromatic nitrogens is 1. The number of carbonyl (C=O) groups is 1. The summed E-state index contributed by atoms with van der Waals surface area (Å²) in [5.41, 5.74) is -2.96. The minimum atomic E-state index is -4.91. The van der Waals surface area contributed by atoms with Gasteiger partial charge in [0.05, 0.1) is 24.7 Å². The number of hydrogen-bond donors (Lipinski definition) is 2. The number of carbonyl (C=O) groups excluding carboxylic acids is 1. The number of nitrogens with one attached hydrogen (secondary N) is 2. The van der Waals surface area contributed by atoms with Crippen molar-refractivity contribution < 1.29 is 40.6 Å². The summed E-state index contributed by atoms with van der Waals surface area (Å²) < 4.78 is 94.5.